The highest BCUT2D eigenvalue weighted by molar-refractivity contribution is 7.87. The molecular formula is C15H21N5O3S. The van der Waals surface area contributed by atoms with Crippen LogP contribution in [-0.2, 0) is 10.2 Å². The van der Waals surface area contributed by atoms with Gasteiger partial charge in [0.15, 0.2) is 0 Å². The molecule has 24 heavy (non-hydrogen) atoms. The van der Waals surface area contributed by atoms with E-state index >= 15 is 0 Å². The molecule has 2 aromatic rings. The maximum absolute atomic E-state index is 12.4. The van der Waals surface area contributed by atoms with Gasteiger partial charge in [0.05, 0.1) is 17.3 Å². The summed E-state index contributed by atoms with van der Waals surface area (Å²) in [6.45, 7) is 3.95. The highest BCUT2D eigenvalue weighted by Crippen LogP contribution is 2.23. The number of aromatic nitrogens is 2. The second kappa shape index (κ2) is 6.40. The summed E-state index contributed by atoms with van der Waals surface area (Å²) in [4.78, 5) is 14.7. The van der Waals surface area contributed by atoms with Crippen LogP contribution in [0.15, 0.2) is 24.5 Å². The number of fused-ring (bicyclic) bond motifs is 1. The fourth-order valence-corrected chi connectivity index (χ4v) is 3.58. The van der Waals surface area contributed by atoms with E-state index in [-0.39, 0.29) is 12.1 Å². The Labute approximate surface area is 141 Å². The molecule has 3 rings (SSSR count). The molecule has 3 heterocycles. The van der Waals surface area contributed by atoms with E-state index in [9.17, 15) is 13.2 Å². The molecule has 0 aliphatic carbocycles. The SMILES string of the molecule is CCN(C)S(=O)(=O)NC(=O)c1cnn2ccc(N3CCCC3)cc12. The number of pyridine rings is 1. The predicted octanol–water partition coefficient (Wildman–Crippen LogP) is 0.861. The molecule has 0 atom stereocenters. The third kappa shape index (κ3) is 3.09. The lowest BCUT2D eigenvalue weighted by molar-refractivity contribution is 0.0981. The van der Waals surface area contributed by atoms with Crippen LogP contribution in [-0.4, -0.2) is 54.9 Å². The van der Waals surface area contributed by atoms with Crippen molar-refractivity contribution in [2.75, 3.05) is 31.6 Å². The first-order valence-electron chi connectivity index (χ1n) is 7.93. The molecule has 2 aromatic heterocycles. The van der Waals surface area contributed by atoms with Crippen LogP contribution in [0.25, 0.3) is 5.52 Å². The lowest BCUT2D eigenvalue weighted by Crippen LogP contribution is -2.41. The van der Waals surface area contributed by atoms with Crippen molar-refractivity contribution in [1.29, 1.82) is 0 Å². The zero-order valence-corrected chi connectivity index (χ0v) is 14.6. The normalized spacial score (nSPS) is 15.4. The quantitative estimate of drug-likeness (QED) is 0.863. The molecule has 1 fully saturated rings. The summed E-state index contributed by atoms with van der Waals surface area (Å²) in [6, 6.07) is 3.83. The van der Waals surface area contributed by atoms with Crippen molar-refractivity contribution < 1.29 is 13.2 Å². The number of amides is 1. The highest BCUT2D eigenvalue weighted by atomic mass is 32.2. The van der Waals surface area contributed by atoms with Crippen molar-refractivity contribution in [2.45, 2.75) is 19.8 Å². The van der Waals surface area contributed by atoms with Gasteiger partial charge in [-0.15, -0.1) is 0 Å². The lowest BCUT2D eigenvalue weighted by atomic mass is 10.2. The topological polar surface area (TPSA) is 87.0 Å². The average molecular weight is 351 g/mol. The van der Waals surface area contributed by atoms with Crippen LogP contribution >= 0.6 is 0 Å². The van der Waals surface area contributed by atoms with E-state index in [1.807, 2.05) is 12.1 Å². The molecule has 0 aromatic carbocycles. The second-order valence-electron chi connectivity index (χ2n) is 5.82. The molecule has 8 nitrogen and oxygen atoms in total. The largest absolute Gasteiger partial charge is 0.371 e. The summed E-state index contributed by atoms with van der Waals surface area (Å²) in [7, 11) is -2.43. The van der Waals surface area contributed by atoms with Gasteiger partial charge in [0.2, 0.25) is 0 Å². The molecule has 0 radical (unpaired) electrons. The molecule has 1 N–H and O–H groups in total. The number of anilines is 1. The predicted molar refractivity (Wildman–Crippen MR) is 91.3 cm³/mol. The smallest absolute Gasteiger partial charge is 0.303 e. The zero-order valence-electron chi connectivity index (χ0n) is 13.8. The highest BCUT2D eigenvalue weighted by Gasteiger charge is 2.23. The summed E-state index contributed by atoms with van der Waals surface area (Å²) in [5, 5.41) is 4.13. The van der Waals surface area contributed by atoms with Gasteiger partial charge in [-0.1, -0.05) is 6.92 Å². The van der Waals surface area contributed by atoms with Crippen LogP contribution in [0, 0.1) is 0 Å². The van der Waals surface area contributed by atoms with Gasteiger partial charge < -0.3 is 4.90 Å². The van der Waals surface area contributed by atoms with Crippen LogP contribution in [0.2, 0.25) is 0 Å². The minimum atomic E-state index is -3.84. The maximum Gasteiger partial charge on any atom is 0.303 e. The van der Waals surface area contributed by atoms with E-state index in [1.165, 1.54) is 13.2 Å². The van der Waals surface area contributed by atoms with Gasteiger partial charge in [-0.25, -0.2) is 9.24 Å². The van der Waals surface area contributed by atoms with E-state index in [4.69, 9.17) is 0 Å². The molecule has 0 spiro atoms. The molecule has 0 bridgehead atoms. The lowest BCUT2D eigenvalue weighted by Gasteiger charge is -2.18. The van der Waals surface area contributed by atoms with Gasteiger partial charge in [0.25, 0.3) is 5.91 Å². The van der Waals surface area contributed by atoms with E-state index in [0.717, 1.165) is 35.9 Å². The zero-order chi connectivity index (χ0) is 17.3. The van der Waals surface area contributed by atoms with Gasteiger partial charge in [0.1, 0.15) is 0 Å². The Hall–Kier alpha value is -2.13. The first-order valence-corrected chi connectivity index (χ1v) is 9.37. The molecule has 0 saturated carbocycles. The minimum absolute atomic E-state index is 0.240. The molecule has 1 saturated heterocycles. The van der Waals surface area contributed by atoms with Gasteiger partial charge in [0, 0.05) is 38.6 Å². The van der Waals surface area contributed by atoms with Crippen LogP contribution in [0.3, 0.4) is 0 Å². The third-order valence-corrected chi connectivity index (χ3v) is 5.82. The third-order valence-electron chi connectivity index (χ3n) is 4.30. The van der Waals surface area contributed by atoms with Crippen molar-refractivity contribution >= 4 is 27.3 Å². The second-order valence-corrected chi connectivity index (χ2v) is 7.60. The van der Waals surface area contributed by atoms with Crippen molar-refractivity contribution in [3.8, 4) is 0 Å². The number of nitrogens with one attached hydrogen (secondary N) is 1. The number of carbonyl (C=O) groups excluding carboxylic acids is 1. The van der Waals surface area contributed by atoms with E-state index in [1.54, 1.807) is 17.6 Å². The van der Waals surface area contributed by atoms with Crippen molar-refractivity contribution in [1.82, 2.24) is 18.6 Å². The van der Waals surface area contributed by atoms with Crippen LogP contribution < -0.4 is 9.62 Å². The Morgan fingerprint density at radius 2 is 2.08 bits per heavy atom. The van der Waals surface area contributed by atoms with Gasteiger partial charge >= 0.3 is 10.2 Å². The van der Waals surface area contributed by atoms with Gasteiger partial charge in [-0.3, -0.25) is 4.79 Å². The Morgan fingerprint density at radius 1 is 1.38 bits per heavy atom. The van der Waals surface area contributed by atoms with E-state index in [0.29, 0.717) is 5.52 Å². The first-order chi connectivity index (χ1) is 11.4. The van der Waals surface area contributed by atoms with Crippen molar-refractivity contribution in [2.24, 2.45) is 0 Å². The molecule has 1 aliphatic rings. The molecule has 1 aliphatic heterocycles. The van der Waals surface area contributed by atoms with E-state index in [2.05, 4.69) is 14.7 Å². The van der Waals surface area contributed by atoms with Crippen molar-refractivity contribution in [3.05, 3.63) is 30.1 Å². The Balaban J connectivity index is 1.91. The number of rotatable bonds is 5. The minimum Gasteiger partial charge on any atom is -0.371 e. The first kappa shape index (κ1) is 16.7. The number of carbonyl (C=O) groups is 1. The van der Waals surface area contributed by atoms with Gasteiger partial charge in [-0.05, 0) is 25.0 Å². The summed E-state index contributed by atoms with van der Waals surface area (Å²) in [6.07, 6.45) is 5.48. The molecule has 0 unspecified atom stereocenters. The molecule has 9 heteroatoms. The number of nitrogens with zero attached hydrogens (tertiary/aromatic N) is 4. The Kier molecular flexibility index (Phi) is 4.46. The maximum atomic E-state index is 12.4. The van der Waals surface area contributed by atoms with Crippen LogP contribution in [0.5, 0.6) is 0 Å². The summed E-state index contributed by atoms with van der Waals surface area (Å²) in [5.41, 5.74) is 1.85. The van der Waals surface area contributed by atoms with Gasteiger partial charge in [-0.2, -0.15) is 17.8 Å². The fourth-order valence-electron chi connectivity index (χ4n) is 2.74. The van der Waals surface area contributed by atoms with Crippen LogP contribution in [0.1, 0.15) is 30.1 Å². The number of hydrogen-bond acceptors (Lipinski definition) is 5. The molecular weight excluding hydrogens is 330 g/mol. The van der Waals surface area contributed by atoms with Crippen LogP contribution in [0.4, 0.5) is 5.69 Å². The summed E-state index contributed by atoms with van der Waals surface area (Å²) >= 11 is 0. The average Bonchev–Trinajstić information content (AvgIpc) is 3.22. The molecule has 1 amide bonds. The molecule has 130 valence electrons. The number of hydrogen-bond donors (Lipinski definition) is 1. The monoisotopic (exact) mass is 351 g/mol. The fraction of sp³-hybridized carbons (Fsp3) is 0.467. The Morgan fingerprint density at radius 3 is 2.75 bits per heavy atom. The van der Waals surface area contributed by atoms with E-state index < -0.39 is 16.1 Å². The van der Waals surface area contributed by atoms with Crippen molar-refractivity contribution in [3.63, 3.8) is 0 Å². The summed E-state index contributed by atoms with van der Waals surface area (Å²) < 4.78 is 28.8. The Bertz CT molecular complexity index is 855. The standard InChI is InChI=1S/C15H21N5O3S/c1-3-18(2)24(22,23)17-15(21)13-11-16-20-9-6-12(10-14(13)20)19-7-4-5-8-19/h6,9-11H,3-5,7-8H2,1-2H3,(H,17,21). The summed E-state index contributed by atoms with van der Waals surface area (Å²) in [5.74, 6) is -0.677.